The molecule has 1 unspecified atom stereocenters. The topological polar surface area (TPSA) is 83.8 Å². The highest BCUT2D eigenvalue weighted by molar-refractivity contribution is 7.90. The van der Waals surface area contributed by atoms with Crippen molar-refractivity contribution in [3.05, 3.63) is 88.2 Å². The third-order valence-corrected chi connectivity index (χ3v) is 6.97. The Bertz CT molecular complexity index is 1280. The van der Waals surface area contributed by atoms with Crippen LogP contribution in [0.2, 0.25) is 5.02 Å². The van der Waals surface area contributed by atoms with Crippen LogP contribution in [-0.4, -0.2) is 24.9 Å². The Kier molecular flexibility index (Phi) is 7.56. The van der Waals surface area contributed by atoms with Gasteiger partial charge in [0.1, 0.15) is 17.3 Å². The Morgan fingerprint density at radius 2 is 1.65 bits per heavy atom. The predicted octanol–water partition coefficient (Wildman–Crippen LogP) is 5.68. The summed E-state index contributed by atoms with van der Waals surface area (Å²) >= 11 is 6.15. The van der Waals surface area contributed by atoms with E-state index in [-0.39, 0.29) is 27.0 Å². The van der Waals surface area contributed by atoms with Gasteiger partial charge in [-0.05, 0) is 59.7 Å². The molecule has 11 heteroatoms. The summed E-state index contributed by atoms with van der Waals surface area (Å²) in [5, 5.41) is 18.5. The SMILES string of the molecule is CC(c1cc(Oc2ccc(S(=O)(=O)Cc3ccc(F)cc3)cc2Cl)cc(C(F)(F)F)c1)C(O)O. The maximum absolute atomic E-state index is 13.3. The van der Waals surface area contributed by atoms with Crippen molar-refractivity contribution in [2.75, 3.05) is 0 Å². The highest BCUT2D eigenvalue weighted by Crippen LogP contribution is 2.38. The molecule has 3 rings (SSSR count). The van der Waals surface area contributed by atoms with E-state index in [1.54, 1.807) is 0 Å². The molecular weight excluding hydrogens is 500 g/mol. The van der Waals surface area contributed by atoms with E-state index in [0.29, 0.717) is 5.56 Å². The van der Waals surface area contributed by atoms with Crippen molar-refractivity contribution < 1.29 is 40.9 Å². The number of halogens is 5. The van der Waals surface area contributed by atoms with E-state index in [0.717, 1.165) is 30.3 Å². The van der Waals surface area contributed by atoms with Crippen LogP contribution >= 0.6 is 11.6 Å². The fourth-order valence-corrected chi connectivity index (χ4v) is 4.70. The van der Waals surface area contributed by atoms with Gasteiger partial charge in [-0.3, -0.25) is 0 Å². The van der Waals surface area contributed by atoms with Gasteiger partial charge in [-0.15, -0.1) is 0 Å². The quantitative estimate of drug-likeness (QED) is 0.311. The normalized spacial score (nSPS) is 13.2. The first-order chi connectivity index (χ1) is 15.8. The molecule has 0 amide bonds. The van der Waals surface area contributed by atoms with Crippen LogP contribution in [0.3, 0.4) is 0 Å². The van der Waals surface area contributed by atoms with Gasteiger partial charge in [0, 0.05) is 5.92 Å². The average Bonchev–Trinajstić information content (AvgIpc) is 2.75. The maximum atomic E-state index is 13.3. The molecular formula is C23H19ClF4O5S. The number of rotatable bonds is 7. The van der Waals surface area contributed by atoms with E-state index in [1.165, 1.54) is 37.3 Å². The summed E-state index contributed by atoms with van der Waals surface area (Å²) in [6, 6.07) is 11.1. The van der Waals surface area contributed by atoms with Crippen LogP contribution in [0.5, 0.6) is 11.5 Å². The van der Waals surface area contributed by atoms with Gasteiger partial charge in [0.15, 0.2) is 16.1 Å². The Morgan fingerprint density at radius 3 is 2.21 bits per heavy atom. The summed E-state index contributed by atoms with van der Waals surface area (Å²) in [4.78, 5) is -0.157. The smallest absolute Gasteiger partial charge is 0.416 e. The highest BCUT2D eigenvalue weighted by atomic mass is 35.5. The highest BCUT2D eigenvalue weighted by Gasteiger charge is 2.32. The maximum Gasteiger partial charge on any atom is 0.416 e. The van der Waals surface area contributed by atoms with Crippen molar-refractivity contribution in [3.8, 4) is 11.5 Å². The molecule has 3 aromatic rings. The monoisotopic (exact) mass is 518 g/mol. The number of sulfone groups is 1. The number of hydrogen-bond donors (Lipinski definition) is 2. The van der Waals surface area contributed by atoms with Crippen LogP contribution in [0.1, 0.15) is 29.5 Å². The minimum atomic E-state index is -4.73. The minimum Gasteiger partial charge on any atom is -0.456 e. The molecule has 0 aliphatic rings. The van der Waals surface area contributed by atoms with Crippen LogP contribution in [0, 0.1) is 5.82 Å². The van der Waals surface area contributed by atoms with E-state index < -0.39 is 45.4 Å². The molecule has 0 bridgehead atoms. The lowest BCUT2D eigenvalue weighted by Gasteiger charge is -2.18. The molecule has 5 nitrogen and oxygen atoms in total. The largest absolute Gasteiger partial charge is 0.456 e. The van der Waals surface area contributed by atoms with Gasteiger partial charge in [-0.2, -0.15) is 13.2 Å². The van der Waals surface area contributed by atoms with E-state index in [1.807, 2.05) is 0 Å². The van der Waals surface area contributed by atoms with Crippen molar-refractivity contribution in [2.24, 2.45) is 0 Å². The molecule has 0 spiro atoms. The number of benzene rings is 3. The van der Waals surface area contributed by atoms with Crippen molar-refractivity contribution in [2.45, 2.75) is 36.0 Å². The summed E-state index contributed by atoms with van der Waals surface area (Å²) in [7, 11) is -3.86. The second-order valence-electron chi connectivity index (χ2n) is 7.57. The van der Waals surface area contributed by atoms with Gasteiger partial charge in [0.05, 0.1) is 21.2 Å². The molecule has 0 heterocycles. The predicted molar refractivity (Wildman–Crippen MR) is 117 cm³/mol. The number of hydrogen-bond acceptors (Lipinski definition) is 5. The lowest BCUT2D eigenvalue weighted by Crippen LogP contribution is -2.15. The summed E-state index contributed by atoms with van der Waals surface area (Å²) in [6.45, 7) is 1.33. The molecule has 0 fully saturated rings. The first-order valence-electron chi connectivity index (χ1n) is 9.79. The molecule has 0 aliphatic carbocycles. The standard InChI is InChI=1S/C23H19ClF4O5S/c1-13(22(29)30)15-8-16(23(26,27)28)10-18(9-15)33-21-7-6-19(11-20(21)24)34(31,32)12-14-2-4-17(25)5-3-14/h2-11,13,22,29-30H,12H2,1H3. The fourth-order valence-electron chi connectivity index (χ4n) is 3.05. The van der Waals surface area contributed by atoms with Gasteiger partial charge in [-0.25, -0.2) is 12.8 Å². The third kappa shape index (κ3) is 6.26. The zero-order chi connectivity index (χ0) is 25.3. The van der Waals surface area contributed by atoms with Crippen LogP contribution in [-0.2, 0) is 21.8 Å². The van der Waals surface area contributed by atoms with Crippen molar-refractivity contribution in [3.63, 3.8) is 0 Å². The number of ether oxygens (including phenoxy) is 1. The molecule has 0 aliphatic heterocycles. The number of alkyl halides is 3. The van der Waals surface area contributed by atoms with Gasteiger partial charge in [0.25, 0.3) is 0 Å². The Morgan fingerprint density at radius 1 is 1.00 bits per heavy atom. The molecule has 0 saturated heterocycles. The first-order valence-corrected chi connectivity index (χ1v) is 11.8. The molecule has 0 aromatic heterocycles. The zero-order valence-electron chi connectivity index (χ0n) is 17.6. The van der Waals surface area contributed by atoms with E-state index in [4.69, 9.17) is 16.3 Å². The lowest BCUT2D eigenvalue weighted by molar-refractivity contribution is -0.137. The van der Waals surface area contributed by atoms with Gasteiger partial charge in [0.2, 0.25) is 0 Å². The van der Waals surface area contributed by atoms with Gasteiger partial charge < -0.3 is 14.9 Å². The summed E-state index contributed by atoms with van der Waals surface area (Å²) < 4.78 is 83.9. The minimum absolute atomic E-state index is 0.0329. The Labute approximate surface area is 198 Å². The first kappa shape index (κ1) is 26.0. The number of aliphatic hydroxyl groups is 2. The molecule has 182 valence electrons. The fraction of sp³-hybridized carbons (Fsp3) is 0.217. The van der Waals surface area contributed by atoms with Gasteiger partial charge in [-0.1, -0.05) is 30.7 Å². The van der Waals surface area contributed by atoms with Crippen molar-refractivity contribution >= 4 is 21.4 Å². The Hall–Kier alpha value is -2.66. The molecule has 3 aromatic carbocycles. The van der Waals surface area contributed by atoms with E-state index in [9.17, 15) is 36.2 Å². The molecule has 2 N–H and O–H groups in total. The molecule has 34 heavy (non-hydrogen) atoms. The molecule has 0 radical (unpaired) electrons. The second-order valence-corrected chi connectivity index (χ2v) is 9.97. The third-order valence-electron chi connectivity index (χ3n) is 4.99. The van der Waals surface area contributed by atoms with Crippen molar-refractivity contribution in [1.82, 2.24) is 0 Å². The average molecular weight is 519 g/mol. The van der Waals surface area contributed by atoms with E-state index in [2.05, 4.69) is 0 Å². The summed E-state index contributed by atoms with van der Waals surface area (Å²) in [5.74, 6) is -2.35. The van der Waals surface area contributed by atoms with Crippen LogP contribution in [0.25, 0.3) is 0 Å². The summed E-state index contributed by atoms with van der Waals surface area (Å²) in [5.41, 5.74) is -0.744. The van der Waals surface area contributed by atoms with E-state index >= 15 is 0 Å². The zero-order valence-corrected chi connectivity index (χ0v) is 19.1. The number of aliphatic hydroxyl groups excluding tert-OH is 1. The van der Waals surface area contributed by atoms with Crippen LogP contribution in [0.4, 0.5) is 17.6 Å². The summed E-state index contributed by atoms with van der Waals surface area (Å²) in [6.07, 6.45) is -6.62. The molecule has 0 saturated carbocycles. The van der Waals surface area contributed by atoms with Crippen molar-refractivity contribution in [1.29, 1.82) is 0 Å². The van der Waals surface area contributed by atoms with Crippen LogP contribution < -0.4 is 4.74 Å². The van der Waals surface area contributed by atoms with Gasteiger partial charge >= 0.3 is 6.18 Å². The molecule has 1 atom stereocenters. The second kappa shape index (κ2) is 9.91. The van der Waals surface area contributed by atoms with Crippen LogP contribution in [0.15, 0.2) is 65.6 Å². The lowest BCUT2D eigenvalue weighted by atomic mass is 9.98. The Balaban J connectivity index is 1.90.